The third kappa shape index (κ3) is 3.43. The molecular formula is C17H15ClN4O2S. The van der Waals surface area contributed by atoms with Crippen molar-refractivity contribution < 1.29 is 9.47 Å². The van der Waals surface area contributed by atoms with E-state index in [1.54, 1.807) is 4.68 Å². The molecule has 0 unspecified atom stereocenters. The van der Waals surface area contributed by atoms with Gasteiger partial charge in [-0.15, -0.1) is 5.10 Å². The number of halogens is 1. The number of benzene rings is 2. The van der Waals surface area contributed by atoms with Crippen molar-refractivity contribution in [2.24, 2.45) is 0 Å². The maximum absolute atomic E-state index is 6.29. The number of thioether (sulfide) groups is 1. The molecule has 1 aliphatic heterocycles. The summed E-state index contributed by atoms with van der Waals surface area (Å²) in [7, 11) is 0. The quantitative estimate of drug-likeness (QED) is 0.649. The minimum absolute atomic E-state index is 0.520. The van der Waals surface area contributed by atoms with Crippen LogP contribution in [0, 0.1) is 6.92 Å². The Morgan fingerprint density at radius 1 is 1.16 bits per heavy atom. The Morgan fingerprint density at radius 2 is 1.96 bits per heavy atom. The van der Waals surface area contributed by atoms with Crippen molar-refractivity contribution in [2.75, 3.05) is 13.2 Å². The molecule has 0 N–H and O–H groups in total. The summed E-state index contributed by atoms with van der Waals surface area (Å²) in [6.45, 7) is 3.10. The van der Waals surface area contributed by atoms with Crippen molar-refractivity contribution in [2.45, 2.75) is 17.8 Å². The van der Waals surface area contributed by atoms with Crippen LogP contribution in [0.25, 0.3) is 5.69 Å². The van der Waals surface area contributed by atoms with E-state index >= 15 is 0 Å². The summed E-state index contributed by atoms with van der Waals surface area (Å²) in [5, 5.41) is 13.3. The molecule has 128 valence electrons. The predicted octanol–water partition coefficient (Wildman–Crippen LogP) is 3.69. The van der Waals surface area contributed by atoms with Gasteiger partial charge in [0.25, 0.3) is 0 Å². The Balaban J connectivity index is 1.54. The summed E-state index contributed by atoms with van der Waals surface area (Å²) in [4.78, 5) is 0. The molecular weight excluding hydrogens is 360 g/mol. The average molecular weight is 375 g/mol. The number of hydrogen-bond donors (Lipinski definition) is 0. The zero-order valence-corrected chi connectivity index (χ0v) is 15.0. The number of fused-ring (bicyclic) bond motifs is 1. The highest BCUT2D eigenvalue weighted by Gasteiger charge is 2.17. The van der Waals surface area contributed by atoms with Crippen LogP contribution in [-0.4, -0.2) is 33.4 Å². The fourth-order valence-corrected chi connectivity index (χ4v) is 3.62. The summed E-state index contributed by atoms with van der Waals surface area (Å²) in [5.74, 6) is 1.97. The van der Waals surface area contributed by atoms with Gasteiger partial charge < -0.3 is 9.47 Å². The van der Waals surface area contributed by atoms with Gasteiger partial charge in [-0.2, -0.15) is 4.68 Å². The van der Waals surface area contributed by atoms with Gasteiger partial charge in [-0.05, 0) is 47.2 Å². The van der Waals surface area contributed by atoms with Gasteiger partial charge in [0.2, 0.25) is 5.16 Å². The smallest absolute Gasteiger partial charge is 0.214 e. The van der Waals surface area contributed by atoms with E-state index in [-0.39, 0.29) is 0 Å². The topological polar surface area (TPSA) is 62.1 Å². The molecule has 0 amide bonds. The van der Waals surface area contributed by atoms with Crippen molar-refractivity contribution >= 4 is 23.4 Å². The fraction of sp³-hybridized carbons (Fsp3) is 0.235. The molecule has 3 aromatic rings. The molecule has 2 heterocycles. The normalized spacial score (nSPS) is 13.0. The van der Waals surface area contributed by atoms with Gasteiger partial charge in [0.05, 0.1) is 10.7 Å². The lowest BCUT2D eigenvalue weighted by atomic mass is 10.2. The Bertz CT molecular complexity index is 898. The second kappa shape index (κ2) is 6.93. The number of aryl methyl sites for hydroxylation is 1. The second-order valence-corrected chi connectivity index (χ2v) is 6.95. The van der Waals surface area contributed by atoms with E-state index in [9.17, 15) is 0 Å². The molecule has 0 spiro atoms. The maximum Gasteiger partial charge on any atom is 0.214 e. The van der Waals surface area contributed by atoms with Crippen molar-refractivity contribution in [3.05, 3.63) is 52.5 Å². The van der Waals surface area contributed by atoms with Crippen molar-refractivity contribution in [3.63, 3.8) is 0 Å². The zero-order valence-electron chi connectivity index (χ0n) is 13.5. The number of tetrazole rings is 1. The van der Waals surface area contributed by atoms with Crippen LogP contribution in [0.5, 0.6) is 11.5 Å². The van der Waals surface area contributed by atoms with Gasteiger partial charge in [-0.1, -0.05) is 41.1 Å². The highest BCUT2D eigenvalue weighted by molar-refractivity contribution is 7.98. The van der Waals surface area contributed by atoms with Crippen LogP contribution in [0.15, 0.2) is 41.6 Å². The SMILES string of the molecule is Cc1ccc(-n2nnnc2SCc2cc(Cl)c3c(c2)OCCO3)cc1. The molecule has 0 saturated heterocycles. The van der Waals surface area contributed by atoms with Crippen molar-refractivity contribution in [1.29, 1.82) is 0 Å². The first kappa shape index (κ1) is 16.2. The van der Waals surface area contributed by atoms with Gasteiger partial charge in [-0.25, -0.2) is 0 Å². The van der Waals surface area contributed by atoms with E-state index < -0.39 is 0 Å². The average Bonchev–Trinajstić information content (AvgIpc) is 3.09. The molecule has 1 aliphatic rings. The molecule has 2 aromatic carbocycles. The van der Waals surface area contributed by atoms with Gasteiger partial charge in [0.1, 0.15) is 13.2 Å². The number of nitrogens with zero attached hydrogens (tertiary/aromatic N) is 4. The fourth-order valence-electron chi connectivity index (χ4n) is 2.51. The summed E-state index contributed by atoms with van der Waals surface area (Å²) in [5.41, 5.74) is 3.15. The van der Waals surface area contributed by atoms with E-state index in [2.05, 4.69) is 15.5 Å². The van der Waals surface area contributed by atoms with Crippen LogP contribution < -0.4 is 9.47 Å². The lowest BCUT2D eigenvalue weighted by Gasteiger charge is -2.20. The van der Waals surface area contributed by atoms with Crippen LogP contribution in [0.3, 0.4) is 0 Å². The highest BCUT2D eigenvalue weighted by Crippen LogP contribution is 2.39. The largest absolute Gasteiger partial charge is 0.486 e. The monoisotopic (exact) mass is 374 g/mol. The Hall–Kier alpha value is -2.25. The van der Waals surface area contributed by atoms with Crippen LogP contribution in [0.2, 0.25) is 5.02 Å². The first-order valence-electron chi connectivity index (χ1n) is 7.77. The highest BCUT2D eigenvalue weighted by atomic mass is 35.5. The number of hydrogen-bond acceptors (Lipinski definition) is 6. The molecule has 0 atom stereocenters. The standard InChI is InChI=1S/C17H15ClN4O2S/c1-11-2-4-13(5-3-11)22-17(19-20-21-22)25-10-12-8-14(18)16-15(9-12)23-6-7-24-16/h2-5,8-9H,6-7,10H2,1H3. The van der Waals surface area contributed by atoms with E-state index in [1.165, 1.54) is 17.3 Å². The van der Waals surface area contributed by atoms with Gasteiger partial charge in [-0.3, -0.25) is 0 Å². The van der Waals surface area contributed by atoms with E-state index in [4.69, 9.17) is 21.1 Å². The van der Waals surface area contributed by atoms with E-state index in [0.29, 0.717) is 35.5 Å². The summed E-state index contributed by atoms with van der Waals surface area (Å²) in [6.07, 6.45) is 0. The van der Waals surface area contributed by atoms with Crippen LogP contribution in [0.1, 0.15) is 11.1 Å². The van der Waals surface area contributed by atoms with Crippen LogP contribution in [-0.2, 0) is 5.75 Å². The van der Waals surface area contributed by atoms with Crippen molar-refractivity contribution in [3.8, 4) is 17.2 Å². The molecule has 4 rings (SSSR count). The molecule has 0 radical (unpaired) electrons. The minimum atomic E-state index is 0.520. The Morgan fingerprint density at radius 3 is 2.80 bits per heavy atom. The minimum Gasteiger partial charge on any atom is -0.486 e. The van der Waals surface area contributed by atoms with E-state index in [0.717, 1.165) is 16.4 Å². The first-order chi connectivity index (χ1) is 12.2. The van der Waals surface area contributed by atoms with Crippen LogP contribution >= 0.6 is 23.4 Å². The molecule has 0 fully saturated rings. The third-order valence-corrected chi connectivity index (χ3v) is 5.02. The molecule has 0 bridgehead atoms. The predicted molar refractivity (Wildman–Crippen MR) is 95.9 cm³/mol. The third-order valence-electron chi connectivity index (χ3n) is 3.74. The second-order valence-electron chi connectivity index (χ2n) is 5.60. The Labute approximate surface area is 154 Å². The molecule has 1 aromatic heterocycles. The van der Waals surface area contributed by atoms with Crippen molar-refractivity contribution in [1.82, 2.24) is 20.2 Å². The maximum atomic E-state index is 6.29. The molecule has 0 saturated carbocycles. The summed E-state index contributed by atoms with van der Waals surface area (Å²) < 4.78 is 12.9. The molecule has 25 heavy (non-hydrogen) atoms. The molecule has 8 heteroatoms. The lowest BCUT2D eigenvalue weighted by Crippen LogP contribution is -2.15. The van der Waals surface area contributed by atoms with E-state index in [1.807, 2.05) is 43.3 Å². The zero-order chi connectivity index (χ0) is 17.2. The molecule has 0 aliphatic carbocycles. The summed E-state index contributed by atoms with van der Waals surface area (Å²) >= 11 is 7.83. The molecule has 6 nitrogen and oxygen atoms in total. The van der Waals surface area contributed by atoms with Gasteiger partial charge >= 0.3 is 0 Å². The first-order valence-corrected chi connectivity index (χ1v) is 9.13. The lowest BCUT2D eigenvalue weighted by molar-refractivity contribution is 0.171. The number of aromatic nitrogens is 4. The van der Waals surface area contributed by atoms with Gasteiger partial charge in [0.15, 0.2) is 11.5 Å². The number of rotatable bonds is 4. The Kier molecular flexibility index (Phi) is 4.50. The van der Waals surface area contributed by atoms with Gasteiger partial charge in [0, 0.05) is 5.75 Å². The summed E-state index contributed by atoms with van der Waals surface area (Å²) in [6, 6.07) is 11.9. The number of ether oxygens (including phenoxy) is 2. The van der Waals surface area contributed by atoms with Crippen LogP contribution in [0.4, 0.5) is 0 Å².